The topological polar surface area (TPSA) is 48.6 Å². The lowest BCUT2D eigenvalue weighted by Crippen LogP contribution is -2.44. The smallest absolute Gasteiger partial charge is 0.270 e. The number of aromatic amines is 1. The number of carbonyl (C=O) groups is 1. The molecule has 0 radical (unpaired) electrons. The van der Waals surface area contributed by atoms with E-state index in [1.54, 1.807) is 0 Å². The zero-order chi connectivity index (χ0) is 16.0. The average molecular weight is 334 g/mol. The molecule has 2 aliphatic rings. The van der Waals surface area contributed by atoms with Crippen molar-refractivity contribution in [3.05, 3.63) is 35.0 Å². The van der Waals surface area contributed by atoms with E-state index in [4.69, 9.17) is 16.3 Å². The molecule has 0 unspecified atom stereocenters. The molecule has 2 aromatic rings. The van der Waals surface area contributed by atoms with E-state index in [-0.39, 0.29) is 11.9 Å². The first-order chi connectivity index (χ1) is 11.1. The Bertz CT molecular complexity index is 745. The summed E-state index contributed by atoms with van der Waals surface area (Å²) in [6, 6.07) is 7.78. The molecule has 4 rings (SSSR count). The van der Waals surface area contributed by atoms with Gasteiger partial charge < -0.3 is 14.6 Å². The molecule has 2 saturated heterocycles. The third kappa shape index (κ3) is 2.84. The first kappa shape index (κ1) is 15.0. The molecule has 5 nitrogen and oxygen atoms in total. The zero-order valence-electron chi connectivity index (χ0n) is 13.1. The molecule has 122 valence electrons. The summed E-state index contributed by atoms with van der Waals surface area (Å²) < 4.78 is 5.72. The van der Waals surface area contributed by atoms with E-state index in [0.29, 0.717) is 29.8 Å². The van der Waals surface area contributed by atoms with Crippen LogP contribution in [0.4, 0.5) is 0 Å². The highest BCUT2D eigenvalue weighted by atomic mass is 35.5. The number of amides is 1. The molecule has 2 bridgehead atoms. The van der Waals surface area contributed by atoms with Gasteiger partial charge in [-0.3, -0.25) is 9.69 Å². The number of carbonyl (C=O) groups excluding carboxylic acids is 1. The van der Waals surface area contributed by atoms with Gasteiger partial charge in [0, 0.05) is 41.5 Å². The number of nitrogens with one attached hydrogen (secondary N) is 1. The summed E-state index contributed by atoms with van der Waals surface area (Å²) in [5.74, 6) is 0.430. The first-order valence-corrected chi connectivity index (χ1v) is 8.33. The number of nitrogens with zero attached hydrogens (tertiary/aromatic N) is 2. The van der Waals surface area contributed by atoms with Crippen molar-refractivity contribution < 1.29 is 9.53 Å². The standard InChI is InChI=1S/C17H20ClN3O2/c1-20-6-11-7-21(8-14(20)10-23-9-11)17(22)16-5-12-4-13(18)2-3-15(12)19-16/h2-5,11,14,19H,6-10H2,1H3/t11-,14+/m1/s1. The van der Waals surface area contributed by atoms with Crippen LogP contribution in [0.1, 0.15) is 10.5 Å². The predicted octanol–water partition coefficient (Wildman–Crippen LogP) is 2.22. The number of aromatic nitrogens is 1. The van der Waals surface area contributed by atoms with Crippen molar-refractivity contribution in [3.8, 4) is 0 Å². The van der Waals surface area contributed by atoms with Crippen molar-refractivity contribution in [1.29, 1.82) is 0 Å². The second kappa shape index (κ2) is 5.82. The van der Waals surface area contributed by atoms with Crippen LogP contribution in [0.15, 0.2) is 24.3 Å². The molecule has 0 aliphatic carbocycles. The molecule has 2 atom stereocenters. The maximum absolute atomic E-state index is 12.9. The number of hydrogen-bond acceptors (Lipinski definition) is 3. The van der Waals surface area contributed by atoms with E-state index in [9.17, 15) is 4.79 Å². The van der Waals surface area contributed by atoms with Crippen molar-refractivity contribution in [2.75, 3.05) is 39.9 Å². The van der Waals surface area contributed by atoms with Gasteiger partial charge in [-0.1, -0.05) is 11.6 Å². The summed E-state index contributed by atoms with van der Waals surface area (Å²) in [6.07, 6.45) is 0. The fourth-order valence-electron chi connectivity index (χ4n) is 3.61. The van der Waals surface area contributed by atoms with E-state index >= 15 is 0 Å². The largest absolute Gasteiger partial charge is 0.379 e. The van der Waals surface area contributed by atoms with Gasteiger partial charge in [-0.05, 0) is 31.3 Å². The lowest BCUT2D eigenvalue weighted by atomic mass is 10.1. The van der Waals surface area contributed by atoms with E-state index in [1.807, 2.05) is 29.2 Å². The van der Waals surface area contributed by atoms with Crippen molar-refractivity contribution in [3.63, 3.8) is 0 Å². The monoisotopic (exact) mass is 333 g/mol. The van der Waals surface area contributed by atoms with Crippen LogP contribution in [0.25, 0.3) is 10.9 Å². The number of H-pyrrole nitrogens is 1. The molecule has 6 heteroatoms. The molecule has 23 heavy (non-hydrogen) atoms. The molecular weight excluding hydrogens is 314 g/mol. The molecular formula is C17H20ClN3O2. The first-order valence-electron chi connectivity index (χ1n) is 7.95. The Kier molecular flexibility index (Phi) is 3.79. The Morgan fingerprint density at radius 1 is 1.26 bits per heavy atom. The van der Waals surface area contributed by atoms with Gasteiger partial charge in [-0.2, -0.15) is 0 Å². The molecule has 3 heterocycles. The number of rotatable bonds is 1. The number of hydrogen-bond donors (Lipinski definition) is 1. The molecule has 1 aromatic carbocycles. The fourth-order valence-corrected chi connectivity index (χ4v) is 3.79. The lowest BCUT2D eigenvalue weighted by molar-refractivity contribution is 0.0431. The highest BCUT2D eigenvalue weighted by molar-refractivity contribution is 6.31. The second-order valence-electron chi connectivity index (χ2n) is 6.62. The number of halogens is 1. The van der Waals surface area contributed by atoms with E-state index in [1.165, 1.54) is 0 Å². The molecule has 2 aliphatic heterocycles. The number of benzene rings is 1. The number of ether oxygens (including phenoxy) is 1. The summed E-state index contributed by atoms with van der Waals surface area (Å²) in [4.78, 5) is 20.5. The third-order valence-corrected chi connectivity index (χ3v) is 5.08. The van der Waals surface area contributed by atoms with Crippen LogP contribution in [-0.4, -0.2) is 66.6 Å². The van der Waals surface area contributed by atoms with Gasteiger partial charge in [0.2, 0.25) is 0 Å². The number of likely N-dealkylation sites (N-methyl/N-ethyl adjacent to an activating group) is 1. The van der Waals surface area contributed by atoms with Gasteiger partial charge in [-0.15, -0.1) is 0 Å². The maximum atomic E-state index is 12.9. The molecule has 0 spiro atoms. The lowest BCUT2D eigenvalue weighted by Gasteiger charge is -2.29. The van der Waals surface area contributed by atoms with Gasteiger partial charge in [0.15, 0.2) is 0 Å². The Labute approximate surface area is 140 Å². The van der Waals surface area contributed by atoms with E-state index < -0.39 is 0 Å². The normalized spacial score (nSPS) is 25.6. The molecule has 2 fully saturated rings. The van der Waals surface area contributed by atoms with E-state index in [2.05, 4.69) is 16.9 Å². The maximum Gasteiger partial charge on any atom is 0.270 e. The Balaban J connectivity index is 1.62. The van der Waals surface area contributed by atoms with Gasteiger partial charge >= 0.3 is 0 Å². The van der Waals surface area contributed by atoms with Gasteiger partial charge in [0.05, 0.1) is 19.3 Å². The van der Waals surface area contributed by atoms with Crippen molar-refractivity contribution in [2.24, 2.45) is 5.92 Å². The van der Waals surface area contributed by atoms with Crippen molar-refractivity contribution in [1.82, 2.24) is 14.8 Å². The molecule has 0 saturated carbocycles. The molecule has 1 N–H and O–H groups in total. The minimum Gasteiger partial charge on any atom is -0.379 e. The summed E-state index contributed by atoms with van der Waals surface area (Å²) in [5, 5.41) is 1.65. The molecule has 1 amide bonds. The van der Waals surface area contributed by atoms with Crippen LogP contribution in [0.2, 0.25) is 5.02 Å². The highest BCUT2D eigenvalue weighted by Crippen LogP contribution is 2.23. The van der Waals surface area contributed by atoms with Crippen molar-refractivity contribution >= 4 is 28.4 Å². The molecule has 1 aromatic heterocycles. The Hall–Kier alpha value is -1.56. The Morgan fingerprint density at radius 2 is 2.13 bits per heavy atom. The van der Waals surface area contributed by atoms with Crippen LogP contribution < -0.4 is 0 Å². The van der Waals surface area contributed by atoms with Gasteiger partial charge in [0.1, 0.15) is 5.69 Å². The van der Waals surface area contributed by atoms with Crippen molar-refractivity contribution in [2.45, 2.75) is 6.04 Å². The van der Waals surface area contributed by atoms with Crippen LogP contribution in [-0.2, 0) is 4.74 Å². The van der Waals surface area contributed by atoms with Crippen LogP contribution >= 0.6 is 11.6 Å². The van der Waals surface area contributed by atoms with E-state index in [0.717, 1.165) is 30.6 Å². The Morgan fingerprint density at radius 3 is 3.00 bits per heavy atom. The summed E-state index contributed by atoms with van der Waals surface area (Å²) in [7, 11) is 2.12. The highest BCUT2D eigenvalue weighted by Gasteiger charge is 2.33. The second-order valence-corrected chi connectivity index (χ2v) is 7.06. The average Bonchev–Trinajstić information content (AvgIpc) is 2.75. The van der Waals surface area contributed by atoms with Crippen LogP contribution in [0.5, 0.6) is 0 Å². The quantitative estimate of drug-likeness (QED) is 0.870. The minimum absolute atomic E-state index is 0.0597. The summed E-state index contributed by atoms with van der Waals surface area (Å²) in [5.41, 5.74) is 1.57. The fraction of sp³-hybridized carbons (Fsp3) is 0.471. The summed E-state index contributed by atoms with van der Waals surface area (Å²) >= 11 is 6.03. The predicted molar refractivity (Wildman–Crippen MR) is 89.9 cm³/mol. The van der Waals surface area contributed by atoms with Crippen LogP contribution in [0.3, 0.4) is 0 Å². The van der Waals surface area contributed by atoms with Crippen LogP contribution in [0, 0.1) is 5.92 Å². The number of fused-ring (bicyclic) bond motifs is 4. The minimum atomic E-state index is 0.0597. The third-order valence-electron chi connectivity index (χ3n) is 4.84. The summed E-state index contributed by atoms with van der Waals surface area (Å²) in [6.45, 7) is 3.86. The SMILES string of the molecule is CN1C[C@H]2COC[C@@H]1CN(C(=O)c1cc3cc(Cl)ccc3[nH]1)C2. The van der Waals surface area contributed by atoms with Gasteiger partial charge in [0.25, 0.3) is 5.91 Å². The zero-order valence-corrected chi connectivity index (χ0v) is 13.8. The van der Waals surface area contributed by atoms with Gasteiger partial charge in [-0.25, -0.2) is 0 Å².